The lowest BCUT2D eigenvalue weighted by Crippen LogP contribution is -2.37. The molecule has 0 aliphatic carbocycles. The van der Waals surface area contributed by atoms with E-state index in [0.717, 1.165) is 12.8 Å². The zero-order chi connectivity index (χ0) is 15.0. The molecule has 1 aromatic rings. The Hall–Kier alpha value is -2.07. The van der Waals surface area contributed by atoms with E-state index in [4.69, 9.17) is 11.5 Å². The lowest BCUT2D eigenvalue weighted by molar-refractivity contribution is 0.0691. The fourth-order valence-electron chi connectivity index (χ4n) is 1.45. The van der Waals surface area contributed by atoms with Gasteiger partial charge in [-0.25, -0.2) is 14.6 Å². The van der Waals surface area contributed by atoms with Crippen LogP contribution >= 0.6 is 11.3 Å². The number of urea groups is 1. The highest BCUT2D eigenvalue weighted by atomic mass is 32.1. The number of nitrogens with one attached hydrogen (secondary N) is 2. The van der Waals surface area contributed by atoms with Crippen LogP contribution in [0, 0.1) is 12.3 Å². The summed E-state index contributed by atoms with van der Waals surface area (Å²) in [5.74, 6) is 1.47. The lowest BCUT2D eigenvalue weighted by Gasteiger charge is -2.12. The largest absolute Gasteiger partial charge is 0.476 e. The van der Waals surface area contributed by atoms with E-state index in [1.807, 2.05) is 0 Å². The Bertz CT molecular complexity index is 507. The highest BCUT2D eigenvalue weighted by Crippen LogP contribution is 2.17. The van der Waals surface area contributed by atoms with Crippen molar-refractivity contribution in [2.45, 2.75) is 32.2 Å². The molecule has 0 fully saturated rings. The topological polar surface area (TPSA) is 91.3 Å². The third kappa shape index (κ3) is 5.28. The van der Waals surface area contributed by atoms with E-state index in [2.05, 4.69) is 21.5 Å². The van der Waals surface area contributed by atoms with Gasteiger partial charge < -0.3 is 15.7 Å². The molecule has 1 rings (SSSR count). The van der Waals surface area contributed by atoms with Crippen LogP contribution in [0.1, 0.15) is 47.7 Å². The predicted molar refractivity (Wildman–Crippen MR) is 76.7 cm³/mol. The summed E-state index contributed by atoms with van der Waals surface area (Å²) in [6.45, 7) is 2.31. The lowest BCUT2D eigenvalue weighted by atomic mass is 10.2. The molecule has 0 aliphatic rings. The minimum atomic E-state index is -1.07. The second kappa shape index (κ2) is 8.17. The average molecular weight is 295 g/mol. The Kier molecular flexibility index (Phi) is 6.53. The minimum absolute atomic E-state index is 0.00616. The number of aromatic nitrogens is 1. The average Bonchev–Trinajstić information content (AvgIpc) is 2.88. The van der Waals surface area contributed by atoms with Crippen LogP contribution in [-0.2, 0) is 0 Å². The summed E-state index contributed by atoms with van der Waals surface area (Å²) in [6.07, 6.45) is 7.53. The first-order chi connectivity index (χ1) is 9.54. The zero-order valence-electron chi connectivity index (χ0n) is 11.2. The van der Waals surface area contributed by atoms with Crippen LogP contribution in [0.2, 0.25) is 0 Å². The van der Waals surface area contributed by atoms with Crippen molar-refractivity contribution in [2.75, 3.05) is 6.54 Å². The van der Waals surface area contributed by atoms with Crippen LogP contribution in [0.25, 0.3) is 0 Å². The van der Waals surface area contributed by atoms with Crippen LogP contribution in [0.15, 0.2) is 5.38 Å². The van der Waals surface area contributed by atoms with Crippen LogP contribution in [0.5, 0.6) is 0 Å². The number of amides is 2. The number of hydrogen-bond donors (Lipinski definition) is 3. The normalized spacial score (nSPS) is 11.4. The summed E-state index contributed by atoms with van der Waals surface area (Å²) in [4.78, 5) is 26.3. The van der Waals surface area contributed by atoms with Crippen molar-refractivity contribution in [2.24, 2.45) is 0 Å². The van der Waals surface area contributed by atoms with Gasteiger partial charge in [0.25, 0.3) is 0 Å². The first-order valence-electron chi connectivity index (χ1n) is 6.21. The summed E-state index contributed by atoms with van der Waals surface area (Å²) < 4.78 is 0. The maximum absolute atomic E-state index is 11.6. The second-order valence-corrected chi connectivity index (χ2v) is 5.05. The third-order valence-electron chi connectivity index (χ3n) is 2.49. The van der Waals surface area contributed by atoms with Crippen molar-refractivity contribution in [3.05, 3.63) is 16.1 Å². The predicted octanol–water partition coefficient (Wildman–Crippen LogP) is 2.00. The summed E-state index contributed by atoms with van der Waals surface area (Å²) in [5.41, 5.74) is -0.00616. The molecule has 1 atom stereocenters. The van der Waals surface area contributed by atoms with Gasteiger partial charge in [-0.1, -0.05) is 0 Å². The summed E-state index contributed by atoms with van der Waals surface area (Å²) in [6, 6.07) is -0.635. The first kappa shape index (κ1) is 16.0. The highest BCUT2D eigenvalue weighted by Gasteiger charge is 2.15. The van der Waals surface area contributed by atoms with E-state index in [0.29, 0.717) is 18.0 Å². The van der Waals surface area contributed by atoms with Crippen LogP contribution < -0.4 is 10.6 Å². The number of carbonyl (C=O) groups excluding carboxylic acids is 1. The second-order valence-electron chi connectivity index (χ2n) is 4.16. The number of hydrogen-bond acceptors (Lipinski definition) is 4. The standard InChI is InChI=1S/C13H17N3O3S/c1-3-4-5-6-7-14-13(19)15-9(2)11-16-10(8-20-11)12(17)18/h1,8-9H,4-7H2,2H3,(H,17,18)(H2,14,15,19). The number of carbonyl (C=O) groups is 2. The number of aromatic carboxylic acids is 1. The molecule has 3 N–H and O–H groups in total. The van der Waals surface area contributed by atoms with Gasteiger partial charge >= 0.3 is 12.0 Å². The Balaban J connectivity index is 2.33. The Morgan fingerprint density at radius 1 is 1.55 bits per heavy atom. The molecule has 20 heavy (non-hydrogen) atoms. The van der Waals surface area contributed by atoms with Crippen LogP contribution in [-0.4, -0.2) is 28.6 Å². The first-order valence-corrected chi connectivity index (χ1v) is 7.09. The summed E-state index contributed by atoms with van der Waals surface area (Å²) in [7, 11) is 0. The SMILES string of the molecule is C#CCCCCNC(=O)NC(C)c1nc(C(=O)O)cs1. The molecule has 1 aromatic heterocycles. The van der Waals surface area contributed by atoms with Crippen molar-refractivity contribution in [1.82, 2.24) is 15.6 Å². The van der Waals surface area contributed by atoms with Gasteiger partial charge in [-0.2, -0.15) is 0 Å². The third-order valence-corrected chi connectivity index (χ3v) is 3.52. The van der Waals surface area contributed by atoms with Gasteiger partial charge in [0.05, 0.1) is 6.04 Å². The molecule has 7 heteroatoms. The van der Waals surface area contributed by atoms with E-state index in [1.54, 1.807) is 6.92 Å². The Morgan fingerprint density at radius 3 is 2.90 bits per heavy atom. The number of nitrogens with zero attached hydrogens (tertiary/aromatic N) is 1. The number of carboxylic acids is 1. The minimum Gasteiger partial charge on any atom is -0.476 e. The number of thiazole rings is 1. The Labute approximate surface area is 121 Å². The molecule has 108 valence electrons. The van der Waals surface area contributed by atoms with E-state index in [-0.39, 0.29) is 17.8 Å². The van der Waals surface area contributed by atoms with Crippen molar-refractivity contribution in [3.8, 4) is 12.3 Å². The van der Waals surface area contributed by atoms with Gasteiger partial charge in [0, 0.05) is 18.3 Å². The molecule has 0 saturated heterocycles. The van der Waals surface area contributed by atoms with Crippen molar-refractivity contribution < 1.29 is 14.7 Å². The van der Waals surface area contributed by atoms with Crippen molar-refractivity contribution in [3.63, 3.8) is 0 Å². The van der Waals surface area contributed by atoms with E-state index >= 15 is 0 Å². The van der Waals surface area contributed by atoms with Gasteiger partial charge in [-0.05, 0) is 19.8 Å². The molecule has 0 bridgehead atoms. The van der Waals surface area contributed by atoms with Gasteiger partial charge in [0.15, 0.2) is 5.69 Å². The summed E-state index contributed by atoms with van der Waals surface area (Å²) >= 11 is 1.21. The zero-order valence-corrected chi connectivity index (χ0v) is 12.0. The van der Waals surface area contributed by atoms with Gasteiger partial charge in [0.1, 0.15) is 5.01 Å². The highest BCUT2D eigenvalue weighted by molar-refractivity contribution is 7.09. The van der Waals surface area contributed by atoms with E-state index in [1.165, 1.54) is 16.7 Å². The molecule has 1 unspecified atom stereocenters. The number of terminal acetylenes is 1. The van der Waals surface area contributed by atoms with Gasteiger partial charge in [-0.15, -0.1) is 23.7 Å². The molecule has 0 saturated carbocycles. The molecule has 0 aliphatic heterocycles. The molecular formula is C13H17N3O3S. The smallest absolute Gasteiger partial charge is 0.355 e. The fraction of sp³-hybridized carbons (Fsp3) is 0.462. The maximum atomic E-state index is 11.6. The summed E-state index contributed by atoms with van der Waals surface area (Å²) in [5, 5.41) is 16.2. The molecule has 0 aromatic carbocycles. The quantitative estimate of drug-likeness (QED) is 0.530. The Morgan fingerprint density at radius 2 is 2.30 bits per heavy atom. The molecule has 0 spiro atoms. The van der Waals surface area contributed by atoms with Gasteiger partial charge in [0.2, 0.25) is 0 Å². The molecule has 6 nitrogen and oxygen atoms in total. The van der Waals surface area contributed by atoms with Crippen molar-refractivity contribution in [1.29, 1.82) is 0 Å². The van der Waals surface area contributed by atoms with Crippen molar-refractivity contribution >= 4 is 23.3 Å². The number of carboxylic acid groups (broad SMARTS) is 1. The fourth-order valence-corrected chi connectivity index (χ4v) is 2.25. The number of rotatable bonds is 7. The molecular weight excluding hydrogens is 278 g/mol. The maximum Gasteiger partial charge on any atom is 0.355 e. The molecule has 0 radical (unpaired) electrons. The van der Waals surface area contributed by atoms with Crippen LogP contribution in [0.4, 0.5) is 4.79 Å². The van der Waals surface area contributed by atoms with E-state index in [9.17, 15) is 9.59 Å². The van der Waals surface area contributed by atoms with Crippen LogP contribution in [0.3, 0.4) is 0 Å². The monoisotopic (exact) mass is 295 g/mol. The molecule has 2 amide bonds. The van der Waals surface area contributed by atoms with Gasteiger partial charge in [-0.3, -0.25) is 0 Å². The van der Waals surface area contributed by atoms with E-state index < -0.39 is 5.97 Å². The molecule has 1 heterocycles. The number of unbranched alkanes of at least 4 members (excludes halogenated alkanes) is 2.